The van der Waals surface area contributed by atoms with Gasteiger partial charge in [-0.05, 0) is 30.7 Å². The van der Waals surface area contributed by atoms with Crippen molar-refractivity contribution in [3.05, 3.63) is 42.9 Å². The van der Waals surface area contributed by atoms with Gasteiger partial charge in [-0.3, -0.25) is 4.68 Å². The molecule has 3 N–H and O–H groups in total. The first-order valence-electron chi connectivity index (χ1n) is 7.43. The van der Waals surface area contributed by atoms with Gasteiger partial charge in [0.1, 0.15) is 5.82 Å². The molecule has 0 atom stereocenters. The Morgan fingerprint density at radius 1 is 1.17 bits per heavy atom. The Hall–Kier alpha value is -2.93. The second-order valence-corrected chi connectivity index (χ2v) is 5.36. The van der Waals surface area contributed by atoms with Crippen molar-refractivity contribution in [3.8, 4) is 5.69 Å². The highest BCUT2D eigenvalue weighted by Gasteiger charge is 2.12. The first kappa shape index (κ1) is 13.7. The summed E-state index contributed by atoms with van der Waals surface area (Å²) in [6.45, 7) is 0.767. The lowest BCUT2D eigenvalue weighted by molar-refractivity contribution is 0.278. The van der Waals surface area contributed by atoms with Crippen LogP contribution < -0.4 is 5.73 Å². The molecule has 4 aromatic rings. The molecule has 1 aromatic carbocycles. The van der Waals surface area contributed by atoms with Gasteiger partial charge in [-0.25, -0.2) is 9.67 Å². The minimum absolute atomic E-state index is 0.128. The number of hydrogen-bond donors (Lipinski definition) is 2. The maximum absolute atomic E-state index is 9.06. The van der Waals surface area contributed by atoms with Crippen LogP contribution in [0, 0.1) is 0 Å². The quantitative estimate of drug-likeness (QED) is 0.599. The van der Waals surface area contributed by atoms with Crippen LogP contribution >= 0.6 is 0 Å². The Morgan fingerprint density at radius 2 is 2.09 bits per heavy atom. The van der Waals surface area contributed by atoms with Crippen molar-refractivity contribution in [2.24, 2.45) is 0 Å². The van der Waals surface area contributed by atoms with Crippen LogP contribution in [0.25, 0.3) is 27.5 Å². The van der Waals surface area contributed by atoms with Crippen LogP contribution in [-0.2, 0) is 6.54 Å². The van der Waals surface area contributed by atoms with Crippen molar-refractivity contribution >= 4 is 27.6 Å². The lowest BCUT2D eigenvalue weighted by Crippen LogP contribution is -2.03. The average Bonchev–Trinajstić information content (AvgIpc) is 3.22. The molecule has 0 fully saturated rings. The third-order valence-electron chi connectivity index (χ3n) is 3.89. The number of benzene rings is 1. The second-order valence-electron chi connectivity index (χ2n) is 5.36. The van der Waals surface area contributed by atoms with Gasteiger partial charge in [0.2, 0.25) is 0 Å². The summed E-state index contributed by atoms with van der Waals surface area (Å²) in [4.78, 5) is 4.50. The summed E-state index contributed by atoms with van der Waals surface area (Å²) in [7, 11) is 0. The zero-order valence-electron chi connectivity index (χ0n) is 12.4. The van der Waals surface area contributed by atoms with Gasteiger partial charge in [0.05, 0.1) is 28.3 Å². The van der Waals surface area contributed by atoms with Crippen molar-refractivity contribution in [2.75, 3.05) is 12.3 Å². The van der Waals surface area contributed by atoms with E-state index in [0.29, 0.717) is 18.8 Å². The summed E-state index contributed by atoms with van der Waals surface area (Å²) >= 11 is 0. The minimum atomic E-state index is 0.128. The van der Waals surface area contributed by atoms with Crippen LogP contribution in [0.1, 0.15) is 6.42 Å². The van der Waals surface area contributed by atoms with Crippen molar-refractivity contribution in [2.45, 2.75) is 13.0 Å². The van der Waals surface area contributed by atoms with Crippen LogP contribution in [0.2, 0.25) is 0 Å². The maximum atomic E-state index is 9.06. The second kappa shape index (κ2) is 5.36. The number of nitrogens with two attached hydrogens (primary N) is 1. The van der Waals surface area contributed by atoms with E-state index < -0.39 is 0 Å². The van der Waals surface area contributed by atoms with Crippen molar-refractivity contribution in [1.82, 2.24) is 24.5 Å². The van der Waals surface area contributed by atoms with Gasteiger partial charge in [-0.1, -0.05) is 0 Å². The number of aromatic nitrogens is 5. The van der Waals surface area contributed by atoms with Gasteiger partial charge in [-0.2, -0.15) is 10.2 Å². The fourth-order valence-electron chi connectivity index (χ4n) is 2.81. The van der Waals surface area contributed by atoms with Crippen LogP contribution in [0.4, 0.5) is 5.82 Å². The summed E-state index contributed by atoms with van der Waals surface area (Å²) < 4.78 is 3.66. The number of fused-ring (bicyclic) bond motifs is 3. The van der Waals surface area contributed by atoms with E-state index in [9.17, 15) is 0 Å². The van der Waals surface area contributed by atoms with E-state index in [1.54, 1.807) is 17.1 Å². The van der Waals surface area contributed by atoms with E-state index >= 15 is 0 Å². The molecule has 0 amide bonds. The number of rotatable bonds is 4. The molecule has 0 aliphatic heterocycles. The smallest absolute Gasteiger partial charge is 0.135 e. The highest BCUT2D eigenvalue weighted by Crippen LogP contribution is 2.29. The molecule has 0 aliphatic carbocycles. The monoisotopic (exact) mass is 308 g/mol. The van der Waals surface area contributed by atoms with Gasteiger partial charge >= 0.3 is 0 Å². The summed E-state index contributed by atoms with van der Waals surface area (Å²) in [5.41, 5.74) is 8.77. The average molecular weight is 308 g/mol. The molecule has 4 rings (SSSR count). The maximum Gasteiger partial charge on any atom is 0.135 e. The molecule has 0 bridgehead atoms. The molecule has 3 heterocycles. The van der Waals surface area contributed by atoms with E-state index in [-0.39, 0.29) is 6.61 Å². The summed E-state index contributed by atoms with van der Waals surface area (Å²) in [5, 5.41) is 19.5. The Balaban J connectivity index is 1.95. The van der Waals surface area contributed by atoms with Crippen LogP contribution in [0.15, 0.2) is 42.9 Å². The number of anilines is 1. The molecule has 0 saturated carbocycles. The highest BCUT2D eigenvalue weighted by molar-refractivity contribution is 6.08. The van der Waals surface area contributed by atoms with Crippen molar-refractivity contribution in [1.29, 1.82) is 0 Å². The number of nitrogens with zero attached hydrogens (tertiary/aromatic N) is 5. The zero-order valence-corrected chi connectivity index (χ0v) is 12.4. The number of aliphatic hydroxyl groups is 1. The molecule has 0 spiro atoms. The standard InChI is InChI=1S/C16H16N6O/c17-16-13-10-19-22(7-2-8-23)15(13)12-4-3-11(9-14(12)20-16)21-6-1-5-18-21/h1,3-6,9-10,23H,2,7-8H2,(H2,17,20). The summed E-state index contributed by atoms with van der Waals surface area (Å²) in [5.74, 6) is 0.459. The Kier molecular flexibility index (Phi) is 3.20. The molecule has 7 heteroatoms. The molecule has 3 aromatic heterocycles. The summed E-state index contributed by atoms with van der Waals surface area (Å²) in [6.07, 6.45) is 6.00. The van der Waals surface area contributed by atoms with Gasteiger partial charge in [0.25, 0.3) is 0 Å². The number of pyridine rings is 1. The van der Waals surface area contributed by atoms with E-state index in [4.69, 9.17) is 10.8 Å². The van der Waals surface area contributed by atoms with Gasteiger partial charge < -0.3 is 10.8 Å². The molecular weight excluding hydrogens is 292 g/mol. The van der Waals surface area contributed by atoms with Gasteiger partial charge in [0, 0.05) is 30.9 Å². The highest BCUT2D eigenvalue weighted by atomic mass is 16.3. The van der Waals surface area contributed by atoms with Crippen LogP contribution in [0.3, 0.4) is 0 Å². The largest absolute Gasteiger partial charge is 0.396 e. The fraction of sp³-hybridized carbons (Fsp3) is 0.188. The normalized spacial score (nSPS) is 11.5. The van der Waals surface area contributed by atoms with E-state index in [1.807, 2.05) is 35.1 Å². The van der Waals surface area contributed by atoms with Crippen LogP contribution in [0.5, 0.6) is 0 Å². The van der Waals surface area contributed by atoms with Crippen molar-refractivity contribution in [3.63, 3.8) is 0 Å². The van der Waals surface area contributed by atoms with E-state index in [2.05, 4.69) is 15.2 Å². The van der Waals surface area contributed by atoms with E-state index in [1.165, 1.54) is 0 Å². The predicted molar refractivity (Wildman–Crippen MR) is 88.3 cm³/mol. The zero-order chi connectivity index (χ0) is 15.8. The first-order valence-corrected chi connectivity index (χ1v) is 7.43. The molecule has 0 aliphatic rings. The van der Waals surface area contributed by atoms with Gasteiger partial charge in [-0.15, -0.1) is 0 Å². The third kappa shape index (κ3) is 2.22. The Labute approximate surface area is 132 Å². The molecule has 0 radical (unpaired) electrons. The fourth-order valence-corrected chi connectivity index (χ4v) is 2.81. The van der Waals surface area contributed by atoms with Crippen LogP contribution in [-0.4, -0.2) is 36.3 Å². The lowest BCUT2D eigenvalue weighted by atomic mass is 10.1. The molecule has 0 saturated heterocycles. The topological polar surface area (TPSA) is 94.8 Å². The number of hydrogen-bond acceptors (Lipinski definition) is 5. The number of nitrogen functional groups attached to an aromatic ring is 1. The molecule has 7 nitrogen and oxygen atoms in total. The summed E-state index contributed by atoms with van der Waals surface area (Å²) in [6, 6.07) is 7.84. The lowest BCUT2D eigenvalue weighted by Gasteiger charge is -2.08. The SMILES string of the molecule is Nc1nc2cc(-n3cccn3)ccc2c2c1cnn2CCCO. The molecular formula is C16H16N6O. The number of aryl methyl sites for hydroxylation is 1. The minimum Gasteiger partial charge on any atom is -0.396 e. The number of aliphatic hydroxyl groups excluding tert-OH is 1. The Bertz CT molecular complexity index is 973. The van der Waals surface area contributed by atoms with E-state index in [0.717, 1.165) is 27.5 Å². The Morgan fingerprint density at radius 3 is 2.87 bits per heavy atom. The first-order chi connectivity index (χ1) is 11.3. The molecule has 0 unspecified atom stereocenters. The van der Waals surface area contributed by atoms with Gasteiger partial charge in [0.15, 0.2) is 0 Å². The predicted octanol–water partition coefficient (Wildman–Crippen LogP) is 1.73. The van der Waals surface area contributed by atoms with Crippen molar-refractivity contribution < 1.29 is 5.11 Å². The third-order valence-corrected chi connectivity index (χ3v) is 3.89. The molecule has 116 valence electrons. The molecule has 23 heavy (non-hydrogen) atoms.